The molecule has 0 aliphatic carbocycles. The minimum atomic E-state index is -1.08. The lowest BCUT2D eigenvalue weighted by atomic mass is 10.1. The molecule has 0 saturated heterocycles. The molecule has 3 N–H and O–H groups in total. The van der Waals surface area contributed by atoms with E-state index in [0.717, 1.165) is 0 Å². The van der Waals surface area contributed by atoms with E-state index in [-0.39, 0.29) is 17.0 Å². The van der Waals surface area contributed by atoms with E-state index in [1.165, 1.54) is 22.6 Å². The molecule has 0 radical (unpaired) electrons. The van der Waals surface area contributed by atoms with Gasteiger partial charge in [0.15, 0.2) is 5.65 Å². The first-order valence-corrected chi connectivity index (χ1v) is 5.83. The lowest BCUT2D eigenvalue weighted by molar-refractivity contribution is 0.0698. The molecule has 0 fully saturated rings. The molecule has 0 saturated carbocycles. The van der Waals surface area contributed by atoms with Gasteiger partial charge in [0.25, 0.3) is 0 Å². The molecule has 0 spiro atoms. The van der Waals surface area contributed by atoms with E-state index in [0.29, 0.717) is 17.1 Å². The third-order valence-electron chi connectivity index (χ3n) is 3.04. The highest BCUT2D eigenvalue weighted by molar-refractivity contribution is 5.95. The summed E-state index contributed by atoms with van der Waals surface area (Å²) in [7, 11) is 0. The van der Waals surface area contributed by atoms with E-state index in [9.17, 15) is 9.18 Å². The first kappa shape index (κ1) is 12.2. The predicted molar refractivity (Wildman–Crippen MR) is 72.0 cm³/mol. The van der Waals surface area contributed by atoms with Gasteiger partial charge >= 0.3 is 5.97 Å². The number of fused-ring (bicyclic) bond motifs is 1. The maximum atomic E-state index is 12.9. The third-order valence-corrected chi connectivity index (χ3v) is 3.04. The van der Waals surface area contributed by atoms with Gasteiger partial charge in [-0.15, -0.1) is 0 Å². The SMILES string of the molecule is Nc1c(-c2ccc(F)cc2)nc2c(C(=O)O)cccn12. The van der Waals surface area contributed by atoms with Crippen molar-refractivity contribution in [3.8, 4) is 11.3 Å². The average molecular weight is 271 g/mol. The summed E-state index contributed by atoms with van der Waals surface area (Å²) in [6, 6.07) is 8.75. The molecule has 5 nitrogen and oxygen atoms in total. The number of aromatic carboxylic acids is 1. The minimum absolute atomic E-state index is 0.0626. The minimum Gasteiger partial charge on any atom is -0.478 e. The molecule has 0 atom stereocenters. The highest BCUT2D eigenvalue weighted by Gasteiger charge is 2.16. The number of rotatable bonds is 2. The number of hydrogen-bond acceptors (Lipinski definition) is 3. The fraction of sp³-hybridized carbons (Fsp3) is 0. The molecule has 0 aliphatic heterocycles. The van der Waals surface area contributed by atoms with Crippen molar-refractivity contribution >= 4 is 17.4 Å². The normalized spacial score (nSPS) is 10.8. The maximum absolute atomic E-state index is 12.9. The summed E-state index contributed by atoms with van der Waals surface area (Å²) in [5, 5.41) is 9.15. The summed E-state index contributed by atoms with van der Waals surface area (Å²) in [4.78, 5) is 15.4. The van der Waals surface area contributed by atoms with Crippen molar-refractivity contribution in [3.63, 3.8) is 0 Å². The predicted octanol–water partition coefficient (Wildman–Crippen LogP) is 2.42. The Hall–Kier alpha value is -2.89. The van der Waals surface area contributed by atoms with E-state index in [1.807, 2.05) is 0 Å². The first-order valence-electron chi connectivity index (χ1n) is 5.83. The van der Waals surface area contributed by atoms with Gasteiger partial charge in [-0.3, -0.25) is 4.40 Å². The first-order chi connectivity index (χ1) is 9.58. The molecule has 2 aromatic heterocycles. The molecular formula is C14H10FN3O2. The number of aromatic nitrogens is 2. The summed E-state index contributed by atoms with van der Waals surface area (Å²) >= 11 is 0. The summed E-state index contributed by atoms with van der Waals surface area (Å²) in [6.45, 7) is 0. The Bertz CT molecular complexity index is 809. The molecule has 6 heteroatoms. The number of halogens is 1. The van der Waals surface area contributed by atoms with E-state index in [2.05, 4.69) is 4.98 Å². The Labute approximate surface area is 113 Å². The zero-order valence-corrected chi connectivity index (χ0v) is 10.2. The van der Waals surface area contributed by atoms with Crippen molar-refractivity contribution in [2.24, 2.45) is 0 Å². The quantitative estimate of drug-likeness (QED) is 0.750. The van der Waals surface area contributed by atoms with Crippen molar-refractivity contribution < 1.29 is 14.3 Å². The van der Waals surface area contributed by atoms with Gasteiger partial charge in [-0.25, -0.2) is 14.2 Å². The molecule has 20 heavy (non-hydrogen) atoms. The van der Waals surface area contributed by atoms with E-state index in [1.54, 1.807) is 24.4 Å². The molecule has 0 aliphatic rings. The van der Waals surface area contributed by atoms with Gasteiger partial charge in [0, 0.05) is 11.8 Å². The van der Waals surface area contributed by atoms with Crippen LogP contribution in [0.2, 0.25) is 0 Å². The summed E-state index contributed by atoms with van der Waals surface area (Å²) in [6.07, 6.45) is 1.64. The molecule has 1 aromatic carbocycles. The second-order valence-electron chi connectivity index (χ2n) is 4.27. The molecule has 3 rings (SSSR count). The van der Waals surface area contributed by atoms with Crippen LogP contribution in [0, 0.1) is 5.82 Å². The van der Waals surface area contributed by atoms with Crippen molar-refractivity contribution in [3.05, 3.63) is 54.0 Å². The van der Waals surface area contributed by atoms with Crippen LogP contribution < -0.4 is 5.73 Å². The van der Waals surface area contributed by atoms with Gasteiger partial charge < -0.3 is 10.8 Å². The number of hydrogen-bond donors (Lipinski definition) is 2. The number of carboxylic acid groups (broad SMARTS) is 1. The molecule has 0 unspecified atom stereocenters. The van der Waals surface area contributed by atoms with Crippen LogP contribution in [0.4, 0.5) is 10.2 Å². The van der Waals surface area contributed by atoms with Gasteiger partial charge in [0.1, 0.15) is 22.9 Å². The average Bonchev–Trinajstić information content (AvgIpc) is 2.77. The summed E-state index contributed by atoms with van der Waals surface area (Å²) < 4.78 is 14.4. The van der Waals surface area contributed by atoms with Crippen molar-refractivity contribution in [2.45, 2.75) is 0 Å². The number of nitrogen functional groups attached to an aromatic ring is 1. The summed E-state index contributed by atoms with van der Waals surface area (Å²) in [5.74, 6) is -1.12. The molecule has 0 amide bonds. The van der Waals surface area contributed by atoms with Crippen molar-refractivity contribution in [2.75, 3.05) is 5.73 Å². The Morgan fingerprint density at radius 2 is 1.95 bits per heavy atom. The van der Waals surface area contributed by atoms with Crippen molar-refractivity contribution in [1.82, 2.24) is 9.38 Å². The van der Waals surface area contributed by atoms with Crippen LogP contribution in [0.1, 0.15) is 10.4 Å². The number of carbonyl (C=O) groups is 1. The molecule has 0 bridgehead atoms. The number of nitrogens with zero attached hydrogens (tertiary/aromatic N) is 2. The third kappa shape index (κ3) is 1.78. The lowest BCUT2D eigenvalue weighted by Gasteiger charge is -1.99. The largest absolute Gasteiger partial charge is 0.478 e. The van der Waals surface area contributed by atoms with Crippen LogP contribution in [-0.4, -0.2) is 20.5 Å². The fourth-order valence-electron chi connectivity index (χ4n) is 2.07. The Morgan fingerprint density at radius 3 is 2.60 bits per heavy atom. The summed E-state index contributed by atoms with van der Waals surface area (Å²) in [5.41, 5.74) is 7.37. The number of benzene rings is 1. The van der Waals surface area contributed by atoms with Crippen LogP contribution >= 0.6 is 0 Å². The topological polar surface area (TPSA) is 80.6 Å². The zero-order chi connectivity index (χ0) is 14.3. The maximum Gasteiger partial charge on any atom is 0.339 e. The fourth-order valence-corrected chi connectivity index (χ4v) is 2.07. The second-order valence-corrected chi connectivity index (χ2v) is 4.27. The van der Waals surface area contributed by atoms with Crippen LogP contribution in [-0.2, 0) is 0 Å². The molecule has 100 valence electrons. The van der Waals surface area contributed by atoms with Gasteiger partial charge in [-0.05, 0) is 36.4 Å². The molecule has 3 aromatic rings. The lowest BCUT2D eigenvalue weighted by Crippen LogP contribution is -2.01. The number of carboxylic acids is 1. The van der Waals surface area contributed by atoms with Crippen molar-refractivity contribution in [1.29, 1.82) is 0 Å². The Morgan fingerprint density at radius 1 is 1.25 bits per heavy atom. The van der Waals surface area contributed by atoms with Gasteiger partial charge in [0.05, 0.1) is 0 Å². The van der Waals surface area contributed by atoms with E-state index in [4.69, 9.17) is 10.8 Å². The van der Waals surface area contributed by atoms with Crippen LogP contribution in [0.15, 0.2) is 42.6 Å². The monoisotopic (exact) mass is 271 g/mol. The van der Waals surface area contributed by atoms with Crippen LogP contribution in [0.25, 0.3) is 16.9 Å². The Kier molecular flexibility index (Phi) is 2.64. The van der Waals surface area contributed by atoms with E-state index >= 15 is 0 Å². The van der Waals surface area contributed by atoms with Crippen LogP contribution in [0.3, 0.4) is 0 Å². The van der Waals surface area contributed by atoms with E-state index < -0.39 is 5.97 Å². The highest BCUT2D eigenvalue weighted by Crippen LogP contribution is 2.27. The van der Waals surface area contributed by atoms with Gasteiger partial charge in [-0.1, -0.05) is 0 Å². The molecular weight excluding hydrogens is 261 g/mol. The number of pyridine rings is 1. The smallest absolute Gasteiger partial charge is 0.339 e. The number of anilines is 1. The molecule has 2 heterocycles. The standard InChI is InChI=1S/C14H10FN3O2/c15-9-5-3-8(4-6-9)11-12(16)18-7-1-2-10(14(19)20)13(18)17-11/h1-7H,16H2,(H,19,20). The Balaban J connectivity index is 2.28. The number of imidazole rings is 1. The highest BCUT2D eigenvalue weighted by atomic mass is 19.1. The number of nitrogens with two attached hydrogens (primary N) is 1. The zero-order valence-electron chi connectivity index (χ0n) is 10.2. The van der Waals surface area contributed by atoms with Gasteiger partial charge in [0.2, 0.25) is 0 Å². The van der Waals surface area contributed by atoms with Gasteiger partial charge in [-0.2, -0.15) is 0 Å². The van der Waals surface area contributed by atoms with Crippen LogP contribution in [0.5, 0.6) is 0 Å². The second kappa shape index (κ2) is 4.34.